The van der Waals surface area contributed by atoms with Crippen molar-refractivity contribution in [2.75, 3.05) is 45.8 Å². The SMILES string of the molecule is CC(C)(C)OC(=O)CC[C@H](NC(=O)N[C@@H](CCCCNC(=O)[C@H](Cc1ccc2ccccc2c1)NC(=O)c1ccc2c(c1)CCN(C(=O)CCC(=O)NCCCC[C@H](NC(=O)CCC(=O)N1CCc3cc(C(=O)N[C@@H](Cc4ccc5ccccc5c4)C(=O)NCCCC[C@H](NC(=O)N[C@@H](CCC(=O)OC(C)(C)C)C(=O)O)C(=O)OC(C)(C)C)ccc3C1)C(=O)NCCNC(=O)OC(C)(C)C)C2)C(=O)OC(C)(C)C)C(=O)O. The van der Waals surface area contributed by atoms with Crippen molar-refractivity contribution in [2.24, 2.45) is 0 Å². The highest BCUT2D eigenvalue weighted by molar-refractivity contribution is 6.00. The topological polar surface area (TPSA) is 545 Å². The molecular weight excluding hydrogens is 1880 g/mol. The number of aliphatic carboxylic acids is 2. The lowest BCUT2D eigenvalue weighted by atomic mass is 9.96. The van der Waals surface area contributed by atoms with Crippen molar-refractivity contribution in [3.8, 4) is 0 Å². The minimum Gasteiger partial charge on any atom is -0.480 e. The molecule has 0 unspecified atom stereocenters. The number of carboxylic acids is 2. The molecule has 2 aliphatic rings. The van der Waals surface area contributed by atoms with Crippen LogP contribution in [0.4, 0.5) is 14.4 Å². The van der Waals surface area contributed by atoms with Gasteiger partial charge in [0.25, 0.3) is 11.8 Å². The third-order valence-electron chi connectivity index (χ3n) is 23.3. The molecule has 0 aliphatic carbocycles. The highest BCUT2D eigenvalue weighted by atomic mass is 16.6. The van der Waals surface area contributed by atoms with Gasteiger partial charge in [0.1, 0.15) is 70.3 Å². The molecule has 2 heterocycles. The van der Waals surface area contributed by atoms with E-state index in [-0.39, 0.29) is 172 Å². The summed E-state index contributed by atoms with van der Waals surface area (Å²) in [5.41, 5.74) is 0.880. The first-order valence-corrected chi connectivity index (χ1v) is 49.9. The average Bonchev–Trinajstić information content (AvgIpc) is 0.810. The van der Waals surface area contributed by atoms with E-state index in [0.29, 0.717) is 45.1 Å². The Hall–Kier alpha value is -14.3. The van der Waals surface area contributed by atoms with Crippen molar-refractivity contribution in [1.29, 1.82) is 0 Å². The van der Waals surface area contributed by atoms with E-state index in [1.54, 1.807) is 150 Å². The summed E-state index contributed by atoms with van der Waals surface area (Å²) in [5.74, 6) is -9.91. The fourth-order valence-electron chi connectivity index (χ4n) is 16.2. The van der Waals surface area contributed by atoms with Gasteiger partial charge in [-0.1, -0.05) is 97.1 Å². The first-order chi connectivity index (χ1) is 68.7. The number of nitrogens with one attached hydrogen (secondary N) is 12. The number of urea groups is 2. The second-order valence-corrected chi connectivity index (χ2v) is 41.6. The van der Waals surface area contributed by atoms with Crippen LogP contribution in [0.5, 0.6) is 0 Å². The van der Waals surface area contributed by atoms with Crippen LogP contribution in [-0.4, -0.2) is 243 Å². The second-order valence-electron chi connectivity index (χ2n) is 41.6. The van der Waals surface area contributed by atoms with E-state index in [1.807, 2.05) is 84.9 Å². The van der Waals surface area contributed by atoms with Crippen molar-refractivity contribution in [1.82, 2.24) is 73.6 Å². The summed E-state index contributed by atoms with van der Waals surface area (Å²) in [5, 5.41) is 55.8. The van der Waals surface area contributed by atoms with Crippen LogP contribution in [0.2, 0.25) is 0 Å². The lowest BCUT2D eigenvalue weighted by Crippen LogP contribution is -2.52. The van der Waals surface area contributed by atoms with Crippen LogP contribution < -0.4 is 63.8 Å². The van der Waals surface area contributed by atoms with Crippen molar-refractivity contribution in [2.45, 2.75) is 322 Å². The Bertz CT molecular complexity index is 5630. The molecule has 0 radical (unpaired) electrons. The molecule has 6 aromatic rings. The lowest BCUT2D eigenvalue weighted by molar-refractivity contribution is -0.158. The molecule has 0 fully saturated rings. The van der Waals surface area contributed by atoms with Gasteiger partial charge in [0.15, 0.2) is 0 Å². The molecular formula is C107H146N14O25. The summed E-state index contributed by atoms with van der Waals surface area (Å²) in [6.45, 7) is 26.2. The number of carboxylic acid groups (broad SMARTS) is 2. The van der Waals surface area contributed by atoms with Gasteiger partial charge in [-0.3, -0.25) is 52.7 Å². The van der Waals surface area contributed by atoms with Crippen LogP contribution in [0, 0.1) is 0 Å². The van der Waals surface area contributed by atoms with Gasteiger partial charge in [0, 0.05) is 121 Å². The number of ether oxygens (including phenoxy) is 5. The minimum absolute atomic E-state index is 0.00346. The van der Waals surface area contributed by atoms with Crippen LogP contribution in [0.15, 0.2) is 121 Å². The number of benzene rings is 6. The maximum Gasteiger partial charge on any atom is 0.407 e. The van der Waals surface area contributed by atoms with Crippen molar-refractivity contribution < 1.29 is 120 Å². The number of rotatable bonds is 50. The summed E-state index contributed by atoms with van der Waals surface area (Å²) in [6.07, 6.45) is 0.330. The molecule has 0 saturated carbocycles. The largest absolute Gasteiger partial charge is 0.480 e. The number of amides is 14. The van der Waals surface area contributed by atoms with Crippen molar-refractivity contribution in [3.05, 3.63) is 166 Å². The van der Waals surface area contributed by atoms with E-state index in [4.69, 9.17) is 23.7 Å². The molecule has 2 aliphatic heterocycles. The zero-order valence-electron chi connectivity index (χ0n) is 86.5. The van der Waals surface area contributed by atoms with Crippen molar-refractivity contribution in [3.63, 3.8) is 0 Å². The average molecular weight is 2030 g/mol. The quantitative estimate of drug-likeness (QED) is 0.00959. The molecule has 14 N–H and O–H groups in total. The Morgan fingerprint density at radius 3 is 1.07 bits per heavy atom. The summed E-state index contributed by atoms with van der Waals surface area (Å²) in [4.78, 5) is 243. The van der Waals surface area contributed by atoms with Crippen LogP contribution in [0.1, 0.15) is 267 Å². The highest BCUT2D eigenvalue weighted by Crippen LogP contribution is 2.28. The number of nitrogens with zero attached hydrogens (tertiary/aromatic N) is 2. The van der Waals surface area contributed by atoms with E-state index >= 15 is 0 Å². The molecule has 6 aromatic carbocycles. The Morgan fingerprint density at radius 1 is 0.315 bits per heavy atom. The van der Waals surface area contributed by atoms with E-state index in [1.165, 1.54) is 0 Å². The molecule has 794 valence electrons. The first kappa shape index (κ1) is 117. The third-order valence-corrected chi connectivity index (χ3v) is 23.3. The predicted octanol–water partition coefficient (Wildman–Crippen LogP) is 9.86. The van der Waals surface area contributed by atoms with Gasteiger partial charge < -0.3 is 107 Å². The summed E-state index contributed by atoms with van der Waals surface area (Å²) >= 11 is 0. The molecule has 39 heteroatoms. The first-order valence-electron chi connectivity index (χ1n) is 49.9. The van der Waals surface area contributed by atoms with E-state index < -0.39 is 166 Å². The standard InChI is InChI=1S/C107H146N14O25/c1-103(2,3)142-89(126)47-41-79(96(133)134)116-100(139)118-81(98(137)144-105(7,8)9)31-21-24-52-109-94(131)83(60-66-33-35-68-26-16-18-28-70(68)58-66)114-91(128)74-37-39-76-64-120(56-49-72(76)62-74)87(124)45-43-85(122)108-51-23-20-30-78(93(130)111-54-55-112-102(141)146-107(13,14)15)113-86(123)44-46-88(125)121-57-50-73-63-75(38-40-77(73)65-121)92(129)115-84(61-67-34-36-69-27-17-19-29-71(69)59-67)95(132)110-53-25-22-32-82(99(138)145-106(10,11)12)119-101(140)117-80(97(135)136)42-48-90(127)143-104(4,5)6/h16-19,26-29,33-40,58-59,62-63,78-84H,20-25,30-32,41-57,60-61,64-65H2,1-15H3,(H,108,122)(H,109,131)(H,110,132)(H,111,130)(H,112,141)(H,113,123)(H,114,128)(H,115,129)(H,133,134)(H,135,136)(H2,116,118,139)(H2,117,119,140)/t78-,79-,80-,81-,82-,83-,84-/m0/s1. The van der Waals surface area contributed by atoms with Crippen LogP contribution in [0.25, 0.3) is 21.5 Å². The molecule has 0 bridgehead atoms. The van der Waals surface area contributed by atoms with Gasteiger partial charge >= 0.3 is 54.0 Å². The molecule has 7 atom stereocenters. The Labute approximate surface area is 852 Å². The van der Waals surface area contributed by atoms with Gasteiger partial charge in [0.2, 0.25) is 41.4 Å². The molecule has 0 aromatic heterocycles. The van der Waals surface area contributed by atoms with E-state index in [0.717, 1.165) is 54.9 Å². The predicted molar refractivity (Wildman–Crippen MR) is 543 cm³/mol. The maximum absolute atomic E-state index is 14.3. The number of hydrogen-bond donors (Lipinski definition) is 14. The Kier molecular flexibility index (Phi) is 44.2. The molecule has 0 saturated heterocycles. The fraction of sp³-hybridized carbons (Fsp3) is 0.533. The molecule has 8 rings (SSSR count). The zero-order valence-corrected chi connectivity index (χ0v) is 86.5. The van der Waals surface area contributed by atoms with Gasteiger partial charge in [-0.2, -0.15) is 0 Å². The number of unbranched alkanes of at least 4 members (excludes halogenated alkanes) is 3. The van der Waals surface area contributed by atoms with Crippen molar-refractivity contribution >= 4 is 129 Å². The normalized spacial score (nSPS) is 14.0. The summed E-state index contributed by atoms with van der Waals surface area (Å²) < 4.78 is 27.0. The molecule has 146 heavy (non-hydrogen) atoms. The fourth-order valence-corrected chi connectivity index (χ4v) is 16.2. The van der Waals surface area contributed by atoms with E-state index in [2.05, 4.69) is 63.8 Å². The number of fused-ring (bicyclic) bond motifs is 4. The summed E-state index contributed by atoms with van der Waals surface area (Å²) in [6, 6.07) is 26.3. The van der Waals surface area contributed by atoms with Gasteiger partial charge in [0.05, 0.1) is 0 Å². The van der Waals surface area contributed by atoms with Crippen LogP contribution in [0.3, 0.4) is 0 Å². The molecule has 14 amide bonds. The van der Waals surface area contributed by atoms with Gasteiger partial charge in [-0.15, -0.1) is 0 Å². The molecule has 39 nitrogen and oxygen atoms in total. The number of alkyl carbamates (subject to hydrolysis) is 1. The van der Waals surface area contributed by atoms with Crippen LogP contribution in [-0.2, 0) is 125 Å². The van der Waals surface area contributed by atoms with Gasteiger partial charge in [-0.25, -0.2) is 33.6 Å². The van der Waals surface area contributed by atoms with Gasteiger partial charge in [-0.05, 0) is 267 Å². The highest BCUT2D eigenvalue weighted by Gasteiger charge is 2.36. The maximum atomic E-state index is 14.3. The minimum atomic E-state index is -1.50. The van der Waals surface area contributed by atoms with E-state index in [9.17, 15) is 96.5 Å². The lowest BCUT2D eigenvalue weighted by Gasteiger charge is -2.29. The summed E-state index contributed by atoms with van der Waals surface area (Å²) in [7, 11) is 0. The number of hydrogen-bond acceptors (Lipinski definition) is 23. The number of esters is 4. The number of carbonyl (C=O) groups is 18. The Morgan fingerprint density at radius 2 is 0.671 bits per heavy atom. The third kappa shape index (κ3) is 42.2. The zero-order chi connectivity index (χ0) is 107. The molecule has 0 spiro atoms. The number of carbonyl (C=O) groups excluding carboxylic acids is 16. The second kappa shape index (κ2) is 55.1. The Balaban J connectivity index is 0.800. The van der Waals surface area contributed by atoms with Crippen LogP contribution >= 0.6 is 0 Å². The smallest absolute Gasteiger partial charge is 0.407 e. The monoisotopic (exact) mass is 2030 g/mol.